The van der Waals surface area contributed by atoms with Crippen molar-refractivity contribution in [3.05, 3.63) is 84.3 Å². The largest absolute Gasteiger partial charge is 0.495 e. The fraction of sp³-hybridized carbons (Fsp3) is 0.0870. The van der Waals surface area contributed by atoms with Crippen LogP contribution in [0.5, 0.6) is 5.75 Å². The number of aromatic nitrogens is 4. The molecule has 0 spiro atoms. The van der Waals surface area contributed by atoms with E-state index in [0.717, 1.165) is 23.0 Å². The van der Waals surface area contributed by atoms with Crippen molar-refractivity contribution in [1.29, 1.82) is 0 Å². The van der Waals surface area contributed by atoms with E-state index >= 15 is 0 Å². The average Bonchev–Trinajstić information content (AvgIpc) is 2.82. The maximum absolute atomic E-state index is 13.0. The molecule has 0 radical (unpaired) electrons. The highest BCUT2D eigenvalue weighted by molar-refractivity contribution is 6.03. The van der Waals surface area contributed by atoms with Crippen LogP contribution in [0.3, 0.4) is 0 Å². The molecule has 0 aliphatic rings. The molecular formula is C23H19FN6O2. The number of rotatable bonds is 6. The molecule has 0 bridgehead atoms. The number of methoxy groups -OCH3 is 1. The molecular weight excluding hydrogens is 411 g/mol. The number of pyridine rings is 2. The highest BCUT2D eigenvalue weighted by Crippen LogP contribution is 2.25. The highest BCUT2D eigenvalue weighted by atomic mass is 19.1. The maximum atomic E-state index is 13.0. The van der Waals surface area contributed by atoms with Gasteiger partial charge in [0.2, 0.25) is 5.95 Å². The molecule has 4 rings (SSSR count). The monoisotopic (exact) mass is 430 g/mol. The third-order valence-electron chi connectivity index (χ3n) is 4.60. The Labute approximate surface area is 183 Å². The lowest BCUT2D eigenvalue weighted by Crippen LogP contribution is -2.14. The van der Waals surface area contributed by atoms with Gasteiger partial charge in [-0.3, -0.25) is 9.78 Å². The fourth-order valence-electron chi connectivity index (χ4n) is 2.91. The zero-order valence-electron chi connectivity index (χ0n) is 17.3. The van der Waals surface area contributed by atoms with Crippen LogP contribution in [0, 0.1) is 12.7 Å². The SMILES string of the molecule is COc1cncc(-c2ccnc(Nc3cc(NC(=O)c4ccc(F)cn4)ccc3C)n2)c1. The lowest BCUT2D eigenvalue weighted by molar-refractivity contribution is 0.102. The summed E-state index contributed by atoms with van der Waals surface area (Å²) in [5.74, 6) is 0.0709. The van der Waals surface area contributed by atoms with E-state index in [-0.39, 0.29) is 5.69 Å². The number of ether oxygens (including phenoxy) is 1. The minimum Gasteiger partial charge on any atom is -0.495 e. The van der Waals surface area contributed by atoms with Crippen LogP contribution in [0.2, 0.25) is 0 Å². The van der Waals surface area contributed by atoms with Crippen molar-refractivity contribution in [1.82, 2.24) is 19.9 Å². The van der Waals surface area contributed by atoms with E-state index < -0.39 is 11.7 Å². The van der Waals surface area contributed by atoms with Gasteiger partial charge in [-0.2, -0.15) is 0 Å². The summed E-state index contributed by atoms with van der Waals surface area (Å²) in [6, 6.07) is 11.5. The predicted molar refractivity (Wildman–Crippen MR) is 118 cm³/mol. The second-order valence-electron chi connectivity index (χ2n) is 6.85. The quantitative estimate of drug-likeness (QED) is 0.468. The fourth-order valence-corrected chi connectivity index (χ4v) is 2.91. The Morgan fingerprint density at radius 2 is 1.91 bits per heavy atom. The molecule has 0 aliphatic heterocycles. The summed E-state index contributed by atoms with van der Waals surface area (Å²) in [4.78, 5) is 29.2. The Morgan fingerprint density at radius 1 is 1.03 bits per heavy atom. The topological polar surface area (TPSA) is 102 Å². The molecule has 1 aromatic carbocycles. The van der Waals surface area contributed by atoms with Crippen molar-refractivity contribution >= 4 is 23.2 Å². The van der Waals surface area contributed by atoms with Crippen molar-refractivity contribution < 1.29 is 13.9 Å². The number of nitrogens with zero attached hydrogens (tertiary/aromatic N) is 4. The van der Waals surface area contributed by atoms with Gasteiger partial charge >= 0.3 is 0 Å². The van der Waals surface area contributed by atoms with E-state index in [1.807, 2.05) is 19.1 Å². The molecule has 32 heavy (non-hydrogen) atoms. The van der Waals surface area contributed by atoms with Crippen molar-refractivity contribution in [2.75, 3.05) is 17.7 Å². The number of amides is 1. The van der Waals surface area contributed by atoms with Crippen LogP contribution in [-0.2, 0) is 0 Å². The van der Waals surface area contributed by atoms with E-state index in [9.17, 15) is 9.18 Å². The Hall–Kier alpha value is -4.40. The highest BCUT2D eigenvalue weighted by Gasteiger charge is 2.10. The van der Waals surface area contributed by atoms with E-state index in [2.05, 4.69) is 30.6 Å². The number of carbonyl (C=O) groups excluding carboxylic acids is 1. The third-order valence-corrected chi connectivity index (χ3v) is 4.60. The number of hydrogen-bond acceptors (Lipinski definition) is 7. The Bertz CT molecular complexity index is 1260. The summed E-state index contributed by atoms with van der Waals surface area (Å²) in [6.45, 7) is 1.92. The Balaban J connectivity index is 1.54. The van der Waals surface area contributed by atoms with Crippen LogP contribution in [-0.4, -0.2) is 33.0 Å². The maximum Gasteiger partial charge on any atom is 0.274 e. The van der Waals surface area contributed by atoms with E-state index in [0.29, 0.717) is 23.1 Å². The Kier molecular flexibility index (Phi) is 5.98. The van der Waals surface area contributed by atoms with Crippen LogP contribution >= 0.6 is 0 Å². The molecule has 160 valence electrons. The molecule has 0 fully saturated rings. The second-order valence-corrected chi connectivity index (χ2v) is 6.85. The number of benzene rings is 1. The predicted octanol–water partition coefficient (Wildman–Crippen LogP) is 4.39. The lowest BCUT2D eigenvalue weighted by Gasteiger charge is -2.12. The second kappa shape index (κ2) is 9.17. The third kappa shape index (κ3) is 4.84. The number of hydrogen-bond donors (Lipinski definition) is 2. The van der Waals surface area contributed by atoms with Crippen LogP contribution in [0.1, 0.15) is 16.1 Å². The van der Waals surface area contributed by atoms with Gasteiger partial charge in [-0.05, 0) is 48.9 Å². The average molecular weight is 430 g/mol. The van der Waals surface area contributed by atoms with Crippen LogP contribution < -0.4 is 15.4 Å². The molecule has 8 nitrogen and oxygen atoms in total. The van der Waals surface area contributed by atoms with Crippen LogP contribution in [0.15, 0.2) is 67.3 Å². The van der Waals surface area contributed by atoms with Gasteiger partial charge in [-0.1, -0.05) is 6.07 Å². The van der Waals surface area contributed by atoms with Crippen molar-refractivity contribution in [2.24, 2.45) is 0 Å². The lowest BCUT2D eigenvalue weighted by atomic mass is 10.1. The summed E-state index contributed by atoms with van der Waals surface area (Å²) < 4.78 is 18.3. The zero-order valence-corrected chi connectivity index (χ0v) is 17.3. The molecule has 2 N–H and O–H groups in total. The van der Waals surface area contributed by atoms with E-state index in [4.69, 9.17) is 4.74 Å². The minimum absolute atomic E-state index is 0.115. The van der Waals surface area contributed by atoms with Gasteiger partial charge in [0.05, 0.1) is 25.2 Å². The number of halogens is 1. The van der Waals surface area contributed by atoms with Gasteiger partial charge in [-0.15, -0.1) is 0 Å². The molecule has 9 heteroatoms. The molecule has 0 saturated heterocycles. The van der Waals surface area contributed by atoms with Crippen molar-refractivity contribution in [3.8, 4) is 17.0 Å². The molecule has 4 aromatic rings. The smallest absolute Gasteiger partial charge is 0.274 e. The first-order valence-corrected chi connectivity index (χ1v) is 9.65. The number of anilines is 3. The molecule has 0 aliphatic carbocycles. The molecule has 3 aromatic heterocycles. The summed E-state index contributed by atoms with van der Waals surface area (Å²) in [5, 5.41) is 5.94. The van der Waals surface area contributed by atoms with Gasteiger partial charge in [-0.25, -0.2) is 19.3 Å². The van der Waals surface area contributed by atoms with Gasteiger partial charge in [0.15, 0.2) is 0 Å². The van der Waals surface area contributed by atoms with Crippen LogP contribution in [0.25, 0.3) is 11.3 Å². The number of carbonyl (C=O) groups is 1. The summed E-state index contributed by atoms with van der Waals surface area (Å²) in [6.07, 6.45) is 5.96. The Morgan fingerprint density at radius 3 is 2.69 bits per heavy atom. The van der Waals surface area contributed by atoms with E-state index in [1.165, 1.54) is 12.1 Å². The van der Waals surface area contributed by atoms with Gasteiger partial charge in [0.25, 0.3) is 5.91 Å². The summed E-state index contributed by atoms with van der Waals surface area (Å²) in [5.41, 5.74) is 3.78. The van der Waals surface area contributed by atoms with Crippen molar-refractivity contribution in [2.45, 2.75) is 6.92 Å². The number of aryl methyl sites for hydroxylation is 1. The zero-order chi connectivity index (χ0) is 22.5. The molecule has 0 atom stereocenters. The first-order chi connectivity index (χ1) is 15.5. The standard InChI is InChI=1S/C23H19FN6O2/c1-14-3-5-17(28-22(31)20-6-4-16(24)12-27-20)10-21(14)30-23-26-8-7-19(29-23)15-9-18(32-2)13-25-11-15/h3-13H,1-2H3,(H,28,31)(H,26,29,30). The minimum atomic E-state index is -0.504. The first-order valence-electron chi connectivity index (χ1n) is 9.65. The number of nitrogens with one attached hydrogen (secondary N) is 2. The molecule has 3 heterocycles. The normalized spacial score (nSPS) is 10.5. The molecule has 0 unspecified atom stereocenters. The van der Waals surface area contributed by atoms with E-state index in [1.54, 1.807) is 43.9 Å². The van der Waals surface area contributed by atoms with Gasteiger partial charge in [0, 0.05) is 29.3 Å². The molecule has 1 amide bonds. The summed E-state index contributed by atoms with van der Waals surface area (Å²) >= 11 is 0. The van der Waals surface area contributed by atoms with Crippen molar-refractivity contribution in [3.63, 3.8) is 0 Å². The van der Waals surface area contributed by atoms with Gasteiger partial charge < -0.3 is 15.4 Å². The summed E-state index contributed by atoms with van der Waals surface area (Å²) in [7, 11) is 1.58. The van der Waals surface area contributed by atoms with Crippen LogP contribution in [0.4, 0.5) is 21.7 Å². The molecule has 0 saturated carbocycles. The first kappa shape index (κ1) is 20.9. The van der Waals surface area contributed by atoms with Gasteiger partial charge in [0.1, 0.15) is 17.3 Å².